The summed E-state index contributed by atoms with van der Waals surface area (Å²) >= 11 is 0. The number of amides is 1. The first-order chi connectivity index (χ1) is 12.5. The second kappa shape index (κ2) is 7.37. The molecule has 0 bridgehead atoms. The average Bonchev–Trinajstić information content (AvgIpc) is 3.25. The lowest BCUT2D eigenvalue weighted by Gasteiger charge is -2.27. The third-order valence-corrected chi connectivity index (χ3v) is 4.30. The van der Waals surface area contributed by atoms with Gasteiger partial charge in [-0.2, -0.15) is 5.26 Å². The van der Waals surface area contributed by atoms with E-state index < -0.39 is 5.91 Å². The van der Waals surface area contributed by atoms with Crippen LogP contribution in [0.5, 0.6) is 0 Å². The minimum Gasteiger partial charge on any atom is -0.357 e. The highest BCUT2D eigenvalue weighted by molar-refractivity contribution is 5.82. The number of nitrogens with zero attached hydrogens (tertiary/aromatic N) is 4. The van der Waals surface area contributed by atoms with Gasteiger partial charge in [-0.25, -0.2) is 5.48 Å². The third-order valence-electron chi connectivity index (χ3n) is 4.30. The Balaban J connectivity index is 1.84. The SMILES string of the molecule is CC(C)C(c1cc2ccc(C#N)cc2[nH]1)N1C/C(=C/CC(=O)NO)N=N1. The fourth-order valence-electron chi connectivity index (χ4n) is 3.10. The Bertz CT molecular complexity index is 921. The summed E-state index contributed by atoms with van der Waals surface area (Å²) in [6.45, 7) is 4.70. The largest absolute Gasteiger partial charge is 0.357 e. The summed E-state index contributed by atoms with van der Waals surface area (Å²) in [6.07, 6.45) is 1.70. The summed E-state index contributed by atoms with van der Waals surface area (Å²) in [5, 5.41) is 28.9. The van der Waals surface area contributed by atoms with Crippen LogP contribution in [0, 0.1) is 17.2 Å². The molecule has 8 heteroatoms. The van der Waals surface area contributed by atoms with Crippen LogP contribution in [0.3, 0.4) is 0 Å². The van der Waals surface area contributed by atoms with E-state index in [1.807, 2.05) is 17.1 Å². The van der Waals surface area contributed by atoms with Crippen molar-refractivity contribution in [2.75, 3.05) is 6.54 Å². The Kier molecular flexibility index (Phi) is 5.00. The molecular weight excluding hydrogens is 332 g/mol. The molecule has 1 aromatic carbocycles. The first kappa shape index (κ1) is 17.6. The zero-order valence-electron chi connectivity index (χ0n) is 14.6. The van der Waals surface area contributed by atoms with Crippen molar-refractivity contribution in [1.29, 1.82) is 5.26 Å². The second-order valence-electron chi connectivity index (χ2n) is 6.55. The van der Waals surface area contributed by atoms with Gasteiger partial charge in [0.15, 0.2) is 0 Å². The first-order valence-electron chi connectivity index (χ1n) is 8.35. The number of carbonyl (C=O) groups excluding carboxylic acids is 1. The predicted octanol–water partition coefficient (Wildman–Crippen LogP) is 3.20. The molecule has 3 N–H and O–H groups in total. The van der Waals surface area contributed by atoms with Gasteiger partial charge in [-0.15, -0.1) is 5.11 Å². The summed E-state index contributed by atoms with van der Waals surface area (Å²) in [5.41, 5.74) is 4.80. The number of nitrogens with one attached hydrogen (secondary N) is 2. The Morgan fingerprint density at radius 2 is 2.31 bits per heavy atom. The van der Waals surface area contributed by atoms with E-state index in [1.165, 1.54) is 0 Å². The van der Waals surface area contributed by atoms with E-state index in [0.29, 0.717) is 17.8 Å². The van der Waals surface area contributed by atoms with Gasteiger partial charge in [0.2, 0.25) is 5.91 Å². The quantitative estimate of drug-likeness (QED) is 0.566. The number of hydroxylamine groups is 1. The van der Waals surface area contributed by atoms with Crippen molar-refractivity contribution < 1.29 is 10.0 Å². The number of rotatable bonds is 5. The van der Waals surface area contributed by atoms with Crippen molar-refractivity contribution in [2.24, 2.45) is 16.3 Å². The van der Waals surface area contributed by atoms with Crippen LogP contribution in [0.1, 0.15) is 37.6 Å². The first-order valence-corrected chi connectivity index (χ1v) is 8.35. The molecule has 8 nitrogen and oxygen atoms in total. The van der Waals surface area contributed by atoms with Gasteiger partial charge in [-0.1, -0.05) is 25.1 Å². The fourth-order valence-corrected chi connectivity index (χ4v) is 3.10. The molecule has 1 aliphatic rings. The highest BCUT2D eigenvalue weighted by atomic mass is 16.5. The van der Waals surface area contributed by atoms with Crippen molar-refractivity contribution in [3.05, 3.63) is 47.3 Å². The maximum atomic E-state index is 11.1. The lowest BCUT2D eigenvalue weighted by atomic mass is 10.00. The number of hydrogen-bond donors (Lipinski definition) is 3. The average molecular weight is 352 g/mol. The lowest BCUT2D eigenvalue weighted by Crippen LogP contribution is -2.26. The summed E-state index contributed by atoms with van der Waals surface area (Å²) in [4.78, 5) is 14.5. The van der Waals surface area contributed by atoms with Gasteiger partial charge in [-0.3, -0.25) is 15.0 Å². The van der Waals surface area contributed by atoms with Gasteiger partial charge < -0.3 is 4.98 Å². The topological polar surface area (TPSA) is 117 Å². The van der Waals surface area contributed by atoms with Crippen LogP contribution in [0.25, 0.3) is 10.9 Å². The Morgan fingerprint density at radius 3 is 3.00 bits per heavy atom. The zero-order valence-corrected chi connectivity index (χ0v) is 14.6. The summed E-state index contributed by atoms with van der Waals surface area (Å²) in [6, 6.07) is 9.75. The maximum absolute atomic E-state index is 11.1. The molecule has 1 amide bonds. The Labute approximate surface area is 150 Å². The van der Waals surface area contributed by atoms with Crippen LogP contribution < -0.4 is 5.48 Å². The van der Waals surface area contributed by atoms with E-state index in [9.17, 15) is 4.79 Å². The molecule has 0 aliphatic carbocycles. The van der Waals surface area contributed by atoms with Crippen molar-refractivity contribution in [3.63, 3.8) is 0 Å². The summed E-state index contributed by atoms with van der Waals surface area (Å²) in [5.74, 6) is -0.229. The molecule has 0 fully saturated rings. The molecule has 0 saturated carbocycles. The molecule has 26 heavy (non-hydrogen) atoms. The van der Waals surface area contributed by atoms with Gasteiger partial charge in [0.05, 0.1) is 29.9 Å². The summed E-state index contributed by atoms with van der Waals surface area (Å²) < 4.78 is 0. The van der Waals surface area contributed by atoms with Crippen LogP contribution >= 0.6 is 0 Å². The van der Waals surface area contributed by atoms with Crippen molar-refractivity contribution in [3.8, 4) is 6.07 Å². The van der Waals surface area contributed by atoms with Gasteiger partial charge in [0.25, 0.3) is 0 Å². The maximum Gasteiger partial charge on any atom is 0.247 e. The molecular formula is C18H20N6O2. The van der Waals surface area contributed by atoms with Crippen LogP contribution in [-0.4, -0.2) is 27.7 Å². The molecule has 1 aromatic heterocycles. The molecule has 1 unspecified atom stereocenters. The van der Waals surface area contributed by atoms with Gasteiger partial charge in [0, 0.05) is 17.6 Å². The van der Waals surface area contributed by atoms with Crippen molar-refractivity contribution in [2.45, 2.75) is 26.3 Å². The molecule has 0 saturated heterocycles. The van der Waals surface area contributed by atoms with Gasteiger partial charge in [0.1, 0.15) is 0 Å². The number of fused-ring (bicyclic) bond motifs is 1. The lowest BCUT2D eigenvalue weighted by molar-refractivity contribution is -0.128. The normalized spacial score (nSPS) is 16.4. The van der Waals surface area contributed by atoms with E-state index >= 15 is 0 Å². The highest BCUT2D eigenvalue weighted by Gasteiger charge is 2.28. The van der Waals surface area contributed by atoms with Crippen molar-refractivity contribution in [1.82, 2.24) is 15.5 Å². The number of aromatic amines is 1. The fraction of sp³-hybridized carbons (Fsp3) is 0.333. The van der Waals surface area contributed by atoms with Crippen LogP contribution in [0.2, 0.25) is 0 Å². The molecule has 0 radical (unpaired) electrons. The monoisotopic (exact) mass is 352 g/mol. The molecule has 1 aliphatic heterocycles. The number of carbonyl (C=O) groups is 1. The molecule has 0 spiro atoms. The number of aromatic nitrogens is 1. The van der Waals surface area contributed by atoms with E-state index in [4.69, 9.17) is 10.5 Å². The molecule has 2 aromatic rings. The van der Waals surface area contributed by atoms with Crippen LogP contribution in [-0.2, 0) is 4.79 Å². The van der Waals surface area contributed by atoms with E-state index in [2.05, 4.69) is 41.3 Å². The Hall–Kier alpha value is -3.18. The minimum atomic E-state index is -0.490. The molecule has 3 rings (SSSR count). The van der Waals surface area contributed by atoms with Crippen LogP contribution in [0.4, 0.5) is 0 Å². The smallest absolute Gasteiger partial charge is 0.247 e. The Morgan fingerprint density at radius 1 is 1.50 bits per heavy atom. The number of H-pyrrole nitrogens is 1. The zero-order chi connectivity index (χ0) is 18.7. The predicted molar refractivity (Wildman–Crippen MR) is 94.8 cm³/mol. The van der Waals surface area contributed by atoms with Crippen LogP contribution in [0.15, 0.2) is 46.4 Å². The molecule has 1 atom stereocenters. The van der Waals surface area contributed by atoms with E-state index in [0.717, 1.165) is 16.6 Å². The van der Waals surface area contributed by atoms with E-state index in [1.54, 1.807) is 17.6 Å². The molecule has 134 valence electrons. The number of hydrogen-bond acceptors (Lipinski definition) is 6. The third kappa shape index (κ3) is 3.58. The molecule has 2 heterocycles. The minimum absolute atomic E-state index is 0.0192. The highest BCUT2D eigenvalue weighted by Crippen LogP contribution is 2.34. The standard InChI is InChI=1S/C18H20N6O2/c1-11(2)18(24-10-14(21-23-24)5-6-17(25)22-26)16-8-13-4-3-12(9-19)7-15(13)20-16/h3-5,7-8,11,18,20,26H,6,10H2,1-2H3,(H,22,25)/b14-5-. The second-order valence-corrected chi connectivity index (χ2v) is 6.55. The number of nitriles is 1. The van der Waals surface area contributed by atoms with E-state index in [-0.39, 0.29) is 18.4 Å². The van der Waals surface area contributed by atoms with Crippen molar-refractivity contribution >= 4 is 16.8 Å². The number of benzene rings is 1. The van der Waals surface area contributed by atoms with Gasteiger partial charge in [-0.05, 0) is 35.6 Å². The van der Waals surface area contributed by atoms with Gasteiger partial charge >= 0.3 is 0 Å². The summed E-state index contributed by atoms with van der Waals surface area (Å²) in [7, 11) is 0.